The van der Waals surface area contributed by atoms with Gasteiger partial charge in [-0.2, -0.15) is 5.10 Å². The number of benzene rings is 3. The molecule has 2 heterocycles. The van der Waals surface area contributed by atoms with Gasteiger partial charge in [-0.15, -0.1) is 0 Å². The second-order valence-electron chi connectivity index (χ2n) is 12.9. The van der Waals surface area contributed by atoms with Crippen LogP contribution in [0.25, 0.3) is 11.3 Å². The van der Waals surface area contributed by atoms with Gasteiger partial charge >= 0.3 is 0 Å². The summed E-state index contributed by atoms with van der Waals surface area (Å²) in [5.41, 5.74) is 7.47. The van der Waals surface area contributed by atoms with Crippen molar-refractivity contribution in [2.24, 2.45) is 0 Å². The monoisotopic (exact) mass is 597 g/mol. The summed E-state index contributed by atoms with van der Waals surface area (Å²) >= 11 is 6.22. The number of aryl methyl sites for hydroxylation is 1. The molecule has 0 bridgehead atoms. The van der Waals surface area contributed by atoms with Crippen molar-refractivity contribution < 1.29 is 0 Å². The van der Waals surface area contributed by atoms with Crippen LogP contribution < -0.4 is 0 Å². The van der Waals surface area contributed by atoms with Crippen LogP contribution in [0.15, 0.2) is 84.9 Å². The summed E-state index contributed by atoms with van der Waals surface area (Å²) in [7, 11) is 0. The molecule has 0 amide bonds. The molecule has 43 heavy (non-hydrogen) atoms. The minimum absolute atomic E-state index is 0.0713. The molecule has 0 saturated carbocycles. The summed E-state index contributed by atoms with van der Waals surface area (Å²) in [4.78, 5) is 7.84. The maximum atomic E-state index is 6.22. The maximum Gasteiger partial charge on any atom is 0.0691 e. The fraction of sp³-hybridized carbons (Fsp3) is 0.432. The van der Waals surface area contributed by atoms with Crippen LogP contribution in [-0.4, -0.2) is 76.8 Å². The number of nitrogens with zero attached hydrogens (tertiary/aromatic N) is 5. The zero-order valence-corrected chi connectivity index (χ0v) is 27.4. The van der Waals surface area contributed by atoms with Gasteiger partial charge in [0, 0.05) is 57.3 Å². The van der Waals surface area contributed by atoms with Gasteiger partial charge in [0.15, 0.2) is 0 Å². The molecule has 6 heteroatoms. The quantitative estimate of drug-likeness (QED) is 0.178. The van der Waals surface area contributed by atoms with Crippen LogP contribution in [0, 0.1) is 6.92 Å². The molecule has 1 fully saturated rings. The van der Waals surface area contributed by atoms with E-state index in [2.05, 4.69) is 127 Å². The smallest absolute Gasteiger partial charge is 0.0691 e. The van der Waals surface area contributed by atoms with Crippen LogP contribution in [0.2, 0.25) is 5.02 Å². The first-order valence-corrected chi connectivity index (χ1v) is 16.2. The molecule has 0 aliphatic carbocycles. The Hall–Kier alpha value is -2.96. The van der Waals surface area contributed by atoms with Gasteiger partial charge in [-0.05, 0) is 69.1 Å². The van der Waals surface area contributed by atoms with Crippen molar-refractivity contribution in [2.75, 3.05) is 52.4 Å². The second-order valence-corrected chi connectivity index (χ2v) is 13.3. The standard InChI is InChI=1S/C37H48ClN5/c1-6-40(21-20-34-28-35(43(39-34)37(3,4)5)30-14-12-29(2)13-15-30)22-23-41-24-26-42(27-25-41)36(31-10-8-7-9-11-31)32-16-18-33(38)19-17-32/h7-19,28,36H,6,20-27H2,1-5H3. The number of aromatic nitrogens is 2. The van der Waals surface area contributed by atoms with E-state index in [4.69, 9.17) is 16.7 Å². The Morgan fingerprint density at radius 1 is 0.837 bits per heavy atom. The Morgan fingerprint density at radius 3 is 2.12 bits per heavy atom. The lowest BCUT2D eigenvalue weighted by Gasteiger charge is -2.40. The zero-order valence-electron chi connectivity index (χ0n) is 26.6. The molecule has 1 saturated heterocycles. The van der Waals surface area contributed by atoms with E-state index in [0.717, 1.165) is 63.8 Å². The lowest BCUT2D eigenvalue weighted by Crippen LogP contribution is -2.49. The molecule has 5 nitrogen and oxygen atoms in total. The van der Waals surface area contributed by atoms with Crippen LogP contribution in [0.5, 0.6) is 0 Å². The van der Waals surface area contributed by atoms with E-state index in [0.29, 0.717) is 0 Å². The minimum Gasteiger partial charge on any atom is -0.302 e. The molecule has 228 valence electrons. The van der Waals surface area contributed by atoms with Crippen molar-refractivity contribution >= 4 is 11.6 Å². The minimum atomic E-state index is -0.0713. The number of rotatable bonds is 11. The average Bonchev–Trinajstić information content (AvgIpc) is 3.45. The largest absolute Gasteiger partial charge is 0.302 e. The highest BCUT2D eigenvalue weighted by Gasteiger charge is 2.27. The molecule has 1 aromatic heterocycles. The number of piperazine rings is 1. The fourth-order valence-electron chi connectivity index (χ4n) is 6.12. The van der Waals surface area contributed by atoms with Crippen molar-refractivity contribution in [3.05, 3.63) is 112 Å². The lowest BCUT2D eigenvalue weighted by atomic mass is 9.96. The highest BCUT2D eigenvalue weighted by Crippen LogP contribution is 2.31. The Bertz CT molecular complexity index is 1410. The van der Waals surface area contributed by atoms with E-state index in [1.165, 1.54) is 33.6 Å². The average molecular weight is 598 g/mol. The number of hydrogen-bond acceptors (Lipinski definition) is 4. The Kier molecular flexibility index (Phi) is 10.4. The van der Waals surface area contributed by atoms with E-state index in [1.54, 1.807) is 0 Å². The highest BCUT2D eigenvalue weighted by molar-refractivity contribution is 6.30. The maximum absolute atomic E-state index is 6.22. The van der Waals surface area contributed by atoms with Gasteiger partial charge in [0.1, 0.15) is 0 Å². The van der Waals surface area contributed by atoms with Crippen LogP contribution >= 0.6 is 11.6 Å². The third-order valence-electron chi connectivity index (χ3n) is 8.68. The van der Waals surface area contributed by atoms with Gasteiger partial charge in [0.25, 0.3) is 0 Å². The summed E-state index contributed by atoms with van der Waals surface area (Å²) in [6.07, 6.45) is 0.962. The summed E-state index contributed by atoms with van der Waals surface area (Å²) in [6.45, 7) is 19.7. The van der Waals surface area contributed by atoms with E-state index >= 15 is 0 Å². The van der Waals surface area contributed by atoms with E-state index < -0.39 is 0 Å². The summed E-state index contributed by atoms with van der Waals surface area (Å²) in [5.74, 6) is 0. The summed E-state index contributed by atoms with van der Waals surface area (Å²) in [5, 5.41) is 5.87. The number of halogens is 1. The molecule has 1 unspecified atom stereocenters. The first-order valence-electron chi connectivity index (χ1n) is 15.9. The van der Waals surface area contributed by atoms with E-state index in [1.807, 2.05) is 12.1 Å². The SMILES string of the molecule is CCN(CCc1cc(-c2ccc(C)cc2)n(C(C)(C)C)n1)CCN1CCN(C(c2ccccc2)c2ccc(Cl)cc2)CC1. The van der Waals surface area contributed by atoms with Gasteiger partial charge in [0.2, 0.25) is 0 Å². The van der Waals surface area contributed by atoms with Gasteiger partial charge in [-0.25, -0.2) is 0 Å². The van der Waals surface area contributed by atoms with Crippen LogP contribution in [0.3, 0.4) is 0 Å². The first kappa shape index (κ1) is 31.5. The third kappa shape index (κ3) is 8.16. The van der Waals surface area contributed by atoms with Gasteiger partial charge in [-0.1, -0.05) is 90.8 Å². The van der Waals surface area contributed by atoms with Crippen molar-refractivity contribution in [1.82, 2.24) is 24.5 Å². The molecule has 1 atom stereocenters. The van der Waals surface area contributed by atoms with Gasteiger partial charge < -0.3 is 4.90 Å². The molecular formula is C37H48ClN5. The molecular weight excluding hydrogens is 550 g/mol. The van der Waals surface area contributed by atoms with E-state index in [9.17, 15) is 0 Å². The molecule has 0 spiro atoms. The Balaban J connectivity index is 1.16. The van der Waals surface area contributed by atoms with Gasteiger partial charge in [0.05, 0.1) is 23.0 Å². The van der Waals surface area contributed by atoms with Crippen molar-refractivity contribution in [3.8, 4) is 11.3 Å². The predicted molar refractivity (Wildman–Crippen MR) is 181 cm³/mol. The fourth-order valence-corrected chi connectivity index (χ4v) is 6.24. The molecule has 1 aliphatic heterocycles. The summed E-state index contributed by atoms with van der Waals surface area (Å²) in [6, 6.07) is 30.6. The number of likely N-dealkylation sites (N-methyl/N-ethyl adjacent to an activating group) is 1. The molecule has 4 aromatic rings. The van der Waals surface area contributed by atoms with Crippen molar-refractivity contribution in [2.45, 2.75) is 52.6 Å². The van der Waals surface area contributed by atoms with Crippen molar-refractivity contribution in [3.63, 3.8) is 0 Å². The molecule has 5 rings (SSSR count). The Labute approximate surface area is 264 Å². The summed E-state index contributed by atoms with van der Waals surface area (Å²) < 4.78 is 2.20. The van der Waals surface area contributed by atoms with E-state index in [-0.39, 0.29) is 11.6 Å². The third-order valence-corrected chi connectivity index (χ3v) is 8.93. The normalized spacial score (nSPS) is 15.7. The molecule has 0 radical (unpaired) electrons. The molecule has 3 aromatic carbocycles. The number of hydrogen-bond donors (Lipinski definition) is 0. The topological polar surface area (TPSA) is 27.5 Å². The zero-order chi connectivity index (χ0) is 30.4. The Morgan fingerprint density at radius 2 is 1.49 bits per heavy atom. The van der Waals surface area contributed by atoms with Crippen molar-refractivity contribution in [1.29, 1.82) is 0 Å². The second kappa shape index (κ2) is 14.2. The molecule has 0 N–H and O–H groups in total. The van der Waals surface area contributed by atoms with Gasteiger partial charge in [-0.3, -0.25) is 14.5 Å². The lowest BCUT2D eigenvalue weighted by molar-refractivity contribution is 0.0998. The van der Waals surface area contributed by atoms with Crippen LogP contribution in [0.1, 0.15) is 56.1 Å². The van der Waals surface area contributed by atoms with Crippen LogP contribution in [-0.2, 0) is 12.0 Å². The molecule has 1 aliphatic rings. The first-order chi connectivity index (χ1) is 20.7. The predicted octanol–water partition coefficient (Wildman–Crippen LogP) is 7.54. The van der Waals surface area contributed by atoms with Crippen LogP contribution in [0.4, 0.5) is 0 Å². The highest BCUT2D eigenvalue weighted by atomic mass is 35.5.